The second-order valence-electron chi connectivity index (χ2n) is 10.7. The van der Waals surface area contributed by atoms with E-state index in [-0.39, 0.29) is 18.7 Å². The van der Waals surface area contributed by atoms with Crippen LogP contribution in [0.2, 0.25) is 0 Å². The van der Waals surface area contributed by atoms with E-state index in [9.17, 15) is 19.2 Å². The zero-order chi connectivity index (χ0) is 24.5. The van der Waals surface area contributed by atoms with Gasteiger partial charge in [0.25, 0.3) is 11.8 Å². The van der Waals surface area contributed by atoms with Crippen LogP contribution in [0.1, 0.15) is 83.6 Å². The van der Waals surface area contributed by atoms with Crippen molar-refractivity contribution in [1.82, 2.24) is 15.1 Å². The van der Waals surface area contributed by atoms with Gasteiger partial charge in [0, 0.05) is 26.7 Å². The molecular weight excluding hydrogens is 446 g/mol. The summed E-state index contributed by atoms with van der Waals surface area (Å²) in [6, 6.07) is 4.65. The molecule has 35 heavy (non-hydrogen) atoms. The predicted molar refractivity (Wildman–Crippen MR) is 129 cm³/mol. The van der Waals surface area contributed by atoms with Gasteiger partial charge in [-0.2, -0.15) is 0 Å². The summed E-state index contributed by atoms with van der Waals surface area (Å²) in [5, 5.41) is 2.24. The van der Waals surface area contributed by atoms with Crippen LogP contribution in [0.15, 0.2) is 18.2 Å². The molecule has 3 heterocycles. The average Bonchev–Trinajstić information content (AvgIpc) is 3.10. The molecule has 5 rings (SSSR count). The molecule has 1 N–H and O–H groups in total. The molecule has 0 spiro atoms. The number of carbonyl (C=O) groups excluding carboxylic acids is 4. The summed E-state index contributed by atoms with van der Waals surface area (Å²) in [6.45, 7) is 4.16. The fourth-order valence-corrected chi connectivity index (χ4v) is 6.37. The fourth-order valence-electron chi connectivity index (χ4n) is 6.37. The average molecular weight is 482 g/mol. The largest absolute Gasteiger partial charge is 0.384 e. The van der Waals surface area contributed by atoms with Gasteiger partial charge in [-0.3, -0.25) is 29.4 Å². The molecule has 3 aliphatic heterocycles. The van der Waals surface area contributed by atoms with Crippen molar-refractivity contribution in [3.63, 3.8) is 0 Å². The molecule has 1 aliphatic carbocycles. The van der Waals surface area contributed by atoms with E-state index < -0.39 is 23.8 Å². The lowest BCUT2D eigenvalue weighted by atomic mass is 9.81. The van der Waals surface area contributed by atoms with Crippen LogP contribution in [0.5, 0.6) is 0 Å². The van der Waals surface area contributed by atoms with Crippen LogP contribution in [0.4, 0.5) is 0 Å². The maximum absolute atomic E-state index is 13.1. The monoisotopic (exact) mass is 481 g/mol. The van der Waals surface area contributed by atoms with E-state index in [2.05, 4.69) is 10.2 Å². The molecule has 1 aromatic carbocycles. The van der Waals surface area contributed by atoms with Crippen LogP contribution in [0.3, 0.4) is 0 Å². The standard InChI is InChI=1S/C27H35N3O5/c1-35-16-18-4-2-17(3-5-18)15-29-12-10-19(11-13-29)20-6-7-21-22(14-20)27(34)30(26(21)33)23-8-9-24(31)28-25(23)32/h6-7,14,17-19,23H,2-5,8-13,15-16H2,1H3,(H,28,31,32). The van der Waals surface area contributed by atoms with E-state index in [1.54, 1.807) is 13.2 Å². The first-order chi connectivity index (χ1) is 16.9. The van der Waals surface area contributed by atoms with Crippen LogP contribution in [-0.4, -0.2) is 72.8 Å². The summed E-state index contributed by atoms with van der Waals surface area (Å²) >= 11 is 0. The number of nitrogens with one attached hydrogen (secondary N) is 1. The van der Waals surface area contributed by atoms with Gasteiger partial charge in [0.05, 0.1) is 11.1 Å². The molecule has 1 unspecified atom stereocenters. The number of methoxy groups -OCH3 is 1. The van der Waals surface area contributed by atoms with E-state index in [1.165, 1.54) is 32.2 Å². The summed E-state index contributed by atoms with van der Waals surface area (Å²) in [6.07, 6.45) is 7.50. The molecule has 1 atom stereocenters. The summed E-state index contributed by atoms with van der Waals surface area (Å²) in [7, 11) is 1.79. The van der Waals surface area contributed by atoms with E-state index in [1.807, 2.05) is 12.1 Å². The van der Waals surface area contributed by atoms with Gasteiger partial charge in [-0.25, -0.2) is 0 Å². The van der Waals surface area contributed by atoms with Crippen molar-refractivity contribution in [3.8, 4) is 0 Å². The van der Waals surface area contributed by atoms with Crippen molar-refractivity contribution in [2.45, 2.75) is 63.3 Å². The SMILES string of the molecule is COCC1CCC(CN2CCC(c3ccc4c(c3)C(=O)N(C3CCC(=O)NC3=O)C4=O)CC2)CC1. The number of nitrogens with zero attached hydrogens (tertiary/aromatic N) is 2. The molecular formula is C27H35N3O5. The molecule has 4 amide bonds. The minimum atomic E-state index is -0.920. The van der Waals surface area contributed by atoms with Gasteiger partial charge in [-0.15, -0.1) is 0 Å². The highest BCUT2D eigenvalue weighted by Gasteiger charge is 2.44. The highest BCUT2D eigenvalue weighted by molar-refractivity contribution is 6.23. The molecule has 0 aromatic heterocycles. The van der Waals surface area contributed by atoms with Crippen LogP contribution >= 0.6 is 0 Å². The third-order valence-electron chi connectivity index (χ3n) is 8.41. The van der Waals surface area contributed by atoms with Crippen LogP contribution in [-0.2, 0) is 14.3 Å². The number of carbonyl (C=O) groups is 4. The number of amides is 4. The van der Waals surface area contributed by atoms with E-state index in [0.717, 1.165) is 54.8 Å². The minimum Gasteiger partial charge on any atom is -0.384 e. The number of rotatable bonds is 6. The molecule has 8 nitrogen and oxygen atoms in total. The lowest BCUT2D eigenvalue weighted by Gasteiger charge is -2.36. The third-order valence-corrected chi connectivity index (χ3v) is 8.41. The van der Waals surface area contributed by atoms with Crippen molar-refractivity contribution in [2.75, 3.05) is 33.4 Å². The van der Waals surface area contributed by atoms with Crippen LogP contribution in [0, 0.1) is 11.8 Å². The lowest BCUT2D eigenvalue weighted by Crippen LogP contribution is -2.54. The Morgan fingerprint density at radius 2 is 1.57 bits per heavy atom. The number of ether oxygens (including phenoxy) is 1. The number of hydrogen-bond acceptors (Lipinski definition) is 6. The highest BCUT2D eigenvalue weighted by Crippen LogP contribution is 2.35. The van der Waals surface area contributed by atoms with Gasteiger partial charge < -0.3 is 9.64 Å². The van der Waals surface area contributed by atoms with E-state index >= 15 is 0 Å². The Morgan fingerprint density at radius 1 is 0.886 bits per heavy atom. The summed E-state index contributed by atoms with van der Waals surface area (Å²) in [5.41, 5.74) is 1.83. The van der Waals surface area contributed by atoms with E-state index in [0.29, 0.717) is 17.0 Å². The van der Waals surface area contributed by atoms with Crippen molar-refractivity contribution in [1.29, 1.82) is 0 Å². The normalized spacial score (nSPS) is 28.4. The van der Waals surface area contributed by atoms with Gasteiger partial charge in [0.1, 0.15) is 6.04 Å². The molecule has 8 heteroatoms. The zero-order valence-electron chi connectivity index (χ0n) is 20.5. The summed E-state index contributed by atoms with van der Waals surface area (Å²) in [4.78, 5) is 53.5. The number of imide groups is 2. The van der Waals surface area contributed by atoms with Crippen LogP contribution in [0.25, 0.3) is 0 Å². The smallest absolute Gasteiger partial charge is 0.262 e. The Hall–Kier alpha value is -2.58. The quantitative estimate of drug-likeness (QED) is 0.628. The molecule has 1 aromatic rings. The Labute approximate surface area is 206 Å². The molecule has 0 bridgehead atoms. The number of fused-ring (bicyclic) bond motifs is 1. The van der Waals surface area contributed by atoms with Crippen LogP contribution < -0.4 is 5.32 Å². The number of likely N-dealkylation sites (tertiary alicyclic amines) is 1. The predicted octanol–water partition coefficient (Wildman–Crippen LogP) is 2.72. The number of piperidine rings is 2. The first-order valence-corrected chi connectivity index (χ1v) is 13.0. The second kappa shape index (κ2) is 10.2. The highest BCUT2D eigenvalue weighted by atomic mass is 16.5. The fraction of sp³-hybridized carbons (Fsp3) is 0.630. The Kier molecular flexibility index (Phi) is 7.02. The number of hydrogen-bond donors (Lipinski definition) is 1. The topological polar surface area (TPSA) is 96.0 Å². The molecule has 0 radical (unpaired) electrons. The van der Waals surface area contributed by atoms with Gasteiger partial charge in [0.2, 0.25) is 11.8 Å². The van der Waals surface area contributed by atoms with Crippen molar-refractivity contribution < 1.29 is 23.9 Å². The number of benzene rings is 1. The maximum Gasteiger partial charge on any atom is 0.262 e. The van der Waals surface area contributed by atoms with Gasteiger partial charge in [-0.05, 0) is 93.5 Å². The lowest BCUT2D eigenvalue weighted by molar-refractivity contribution is -0.136. The van der Waals surface area contributed by atoms with Gasteiger partial charge in [-0.1, -0.05) is 6.07 Å². The molecule has 3 fully saturated rings. The third kappa shape index (κ3) is 4.91. The van der Waals surface area contributed by atoms with Gasteiger partial charge in [0.15, 0.2) is 0 Å². The molecule has 188 valence electrons. The van der Waals surface area contributed by atoms with E-state index in [4.69, 9.17) is 4.74 Å². The first-order valence-electron chi connectivity index (χ1n) is 13.0. The molecule has 2 saturated heterocycles. The minimum absolute atomic E-state index is 0.127. The zero-order valence-corrected chi connectivity index (χ0v) is 20.5. The Morgan fingerprint density at radius 3 is 2.26 bits per heavy atom. The van der Waals surface area contributed by atoms with Crippen molar-refractivity contribution in [2.24, 2.45) is 11.8 Å². The Balaban J connectivity index is 1.18. The van der Waals surface area contributed by atoms with Gasteiger partial charge >= 0.3 is 0 Å². The molecule has 4 aliphatic rings. The Bertz CT molecular complexity index is 1010. The molecule has 1 saturated carbocycles. The maximum atomic E-state index is 13.1. The van der Waals surface area contributed by atoms with Crippen molar-refractivity contribution in [3.05, 3.63) is 34.9 Å². The second-order valence-corrected chi connectivity index (χ2v) is 10.7. The first kappa shape index (κ1) is 24.1. The summed E-state index contributed by atoms with van der Waals surface area (Å²) < 4.78 is 5.32. The van der Waals surface area contributed by atoms with Crippen molar-refractivity contribution >= 4 is 23.6 Å². The summed E-state index contributed by atoms with van der Waals surface area (Å²) in [5.74, 6) is 0.0557.